The van der Waals surface area contributed by atoms with Gasteiger partial charge in [0.1, 0.15) is 29.2 Å². The lowest BCUT2D eigenvalue weighted by molar-refractivity contribution is -0.158. The van der Waals surface area contributed by atoms with Crippen LogP contribution in [0.5, 0.6) is 0 Å². The van der Waals surface area contributed by atoms with E-state index < -0.39 is 31.3 Å². The fourth-order valence-electron chi connectivity index (χ4n) is 2.08. The van der Waals surface area contributed by atoms with Crippen LogP contribution in [0.1, 0.15) is 0 Å². The number of halogens is 2. The molecule has 0 saturated carbocycles. The minimum absolute atomic E-state index is 0.128. The van der Waals surface area contributed by atoms with Crippen molar-refractivity contribution in [1.29, 1.82) is 0 Å². The van der Waals surface area contributed by atoms with Crippen molar-refractivity contribution in [3.63, 3.8) is 0 Å². The van der Waals surface area contributed by atoms with Gasteiger partial charge in [-0.3, -0.25) is 0 Å². The highest BCUT2D eigenvalue weighted by Gasteiger charge is 2.46. The maximum absolute atomic E-state index is 13.9. The predicted molar refractivity (Wildman–Crippen MR) is 70.2 cm³/mol. The summed E-state index contributed by atoms with van der Waals surface area (Å²) >= 11 is 5.80. The monoisotopic (exact) mass is 318 g/mol. The molecular formula is C11H12ClFN4O4. The Hall–Kier alpha value is -1.68. The average molecular weight is 319 g/mol. The number of aliphatic hydroxyl groups is 2. The zero-order valence-electron chi connectivity index (χ0n) is 10.6. The van der Waals surface area contributed by atoms with Gasteiger partial charge in [-0.15, -0.1) is 4.73 Å². The number of rotatable bonds is 3. The van der Waals surface area contributed by atoms with Crippen LogP contribution in [0.2, 0.25) is 5.15 Å². The molecule has 4 N–H and O–H groups in total. The lowest BCUT2D eigenvalue weighted by Gasteiger charge is -2.15. The molecule has 1 aliphatic rings. The van der Waals surface area contributed by atoms with Crippen molar-refractivity contribution < 1.29 is 24.2 Å². The maximum atomic E-state index is 13.9. The van der Waals surface area contributed by atoms with E-state index >= 15 is 0 Å². The number of fused-ring (bicyclic) bond motifs is 1. The van der Waals surface area contributed by atoms with Gasteiger partial charge in [0.15, 0.2) is 11.8 Å². The van der Waals surface area contributed by atoms with Crippen molar-refractivity contribution in [3.05, 3.63) is 17.5 Å². The van der Waals surface area contributed by atoms with Gasteiger partial charge in [-0.2, -0.15) is 0 Å². The number of imidazole rings is 1. The highest BCUT2D eigenvalue weighted by atomic mass is 35.5. The molecule has 2 aromatic rings. The molecule has 4 unspecified atom stereocenters. The Labute approximate surface area is 122 Å². The third kappa shape index (κ3) is 2.38. The molecule has 2 aromatic heterocycles. The number of anilines is 1. The molecular weight excluding hydrogens is 307 g/mol. The first kappa shape index (κ1) is 14.3. The number of alkyl halides is 1. The molecule has 0 bridgehead atoms. The predicted octanol–water partition coefficient (Wildman–Crippen LogP) is -0.488. The van der Waals surface area contributed by atoms with Gasteiger partial charge in [-0.05, 0) is 0 Å². The van der Waals surface area contributed by atoms with Gasteiger partial charge in [0.2, 0.25) is 0 Å². The Balaban J connectivity index is 1.89. The molecule has 1 aliphatic heterocycles. The van der Waals surface area contributed by atoms with E-state index in [2.05, 4.69) is 9.97 Å². The van der Waals surface area contributed by atoms with Gasteiger partial charge in [0.05, 0.1) is 12.3 Å². The Morgan fingerprint density at radius 2 is 2.33 bits per heavy atom. The summed E-state index contributed by atoms with van der Waals surface area (Å²) in [6.45, 7) is -0.525. The largest absolute Gasteiger partial charge is 0.397 e. The van der Waals surface area contributed by atoms with E-state index in [1.807, 2.05) is 0 Å². The minimum atomic E-state index is -1.82. The second kappa shape index (κ2) is 5.26. The summed E-state index contributed by atoms with van der Waals surface area (Å²) in [5.74, 6) is 0. The second-order valence-corrected chi connectivity index (χ2v) is 4.93. The number of hydrogen-bond donors (Lipinski definition) is 3. The zero-order valence-corrected chi connectivity index (χ0v) is 11.3. The lowest BCUT2D eigenvalue weighted by atomic mass is 10.2. The lowest BCUT2D eigenvalue weighted by Crippen LogP contribution is -2.35. The van der Waals surface area contributed by atoms with Crippen LogP contribution in [0.15, 0.2) is 12.4 Å². The molecule has 0 aromatic carbocycles. The molecule has 0 radical (unpaired) electrons. The smallest absolute Gasteiger partial charge is 0.259 e. The molecule has 114 valence electrons. The Kier molecular flexibility index (Phi) is 3.57. The first-order valence-corrected chi connectivity index (χ1v) is 6.43. The number of hydrogen-bond acceptors (Lipinski definition) is 7. The third-order valence-electron chi connectivity index (χ3n) is 3.15. The van der Waals surface area contributed by atoms with Gasteiger partial charge in [0, 0.05) is 6.07 Å². The summed E-state index contributed by atoms with van der Waals surface area (Å²) < 4.78 is 20.0. The highest BCUT2D eigenvalue weighted by molar-refractivity contribution is 6.30. The molecule has 8 nitrogen and oxygen atoms in total. The van der Waals surface area contributed by atoms with E-state index in [-0.39, 0.29) is 10.8 Å². The topological polar surface area (TPSA) is 116 Å². The van der Waals surface area contributed by atoms with Crippen molar-refractivity contribution in [2.24, 2.45) is 0 Å². The van der Waals surface area contributed by atoms with Gasteiger partial charge in [-0.25, -0.2) is 14.4 Å². The summed E-state index contributed by atoms with van der Waals surface area (Å²) in [6.07, 6.45) is -4.52. The van der Waals surface area contributed by atoms with Crippen LogP contribution in [-0.4, -0.2) is 56.2 Å². The van der Waals surface area contributed by atoms with Crippen LogP contribution < -0.4 is 10.6 Å². The molecule has 3 heterocycles. The van der Waals surface area contributed by atoms with Crippen LogP contribution in [0.3, 0.4) is 0 Å². The fourth-order valence-corrected chi connectivity index (χ4v) is 2.28. The third-order valence-corrected chi connectivity index (χ3v) is 3.34. The Morgan fingerprint density at radius 3 is 3.00 bits per heavy atom. The number of ether oxygens (including phenoxy) is 1. The van der Waals surface area contributed by atoms with Gasteiger partial charge < -0.3 is 25.5 Å². The Bertz CT molecular complexity index is 669. The van der Waals surface area contributed by atoms with E-state index in [1.165, 1.54) is 12.4 Å². The van der Waals surface area contributed by atoms with Crippen molar-refractivity contribution in [2.45, 2.75) is 24.7 Å². The fraction of sp³-hybridized carbons (Fsp3) is 0.455. The van der Waals surface area contributed by atoms with Crippen LogP contribution in [0.25, 0.3) is 11.2 Å². The normalized spacial score (nSPS) is 29.1. The molecule has 0 aliphatic carbocycles. The number of pyridine rings is 1. The molecule has 1 saturated heterocycles. The van der Waals surface area contributed by atoms with E-state index in [9.17, 15) is 9.50 Å². The van der Waals surface area contributed by atoms with Crippen molar-refractivity contribution >= 4 is 28.5 Å². The van der Waals surface area contributed by atoms with E-state index in [4.69, 9.17) is 32.0 Å². The average Bonchev–Trinajstić information content (AvgIpc) is 2.96. The van der Waals surface area contributed by atoms with Crippen LogP contribution >= 0.6 is 11.6 Å². The Morgan fingerprint density at radius 1 is 1.57 bits per heavy atom. The summed E-state index contributed by atoms with van der Waals surface area (Å²) in [7, 11) is 0. The molecule has 0 amide bonds. The standard InChI is InChI=1S/C11H12ClFN4O4/c12-6-1-4(14)8-10(16-6)17(3-15-8)21-11-7(13)9(19)5(2-18)20-11/h1,3,5,7,9,11,18-19H,2H2,(H2,14,16). The number of nitrogens with zero attached hydrogens (tertiary/aromatic N) is 3. The molecule has 1 fully saturated rings. The quantitative estimate of drug-likeness (QED) is 0.654. The first-order valence-electron chi connectivity index (χ1n) is 6.06. The van der Waals surface area contributed by atoms with Crippen molar-refractivity contribution in [1.82, 2.24) is 14.7 Å². The second-order valence-electron chi connectivity index (χ2n) is 4.54. The maximum Gasteiger partial charge on any atom is 0.259 e. The van der Waals surface area contributed by atoms with E-state index in [0.29, 0.717) is 11.2 Å². The summed E-state index contributed by atoms with van der Waals surface area (Å²) in [4.78, 5) is 13.2. The van der Waals surface area contributed by atoms with Gasteiger partial charge >= 0.3 is 0 Å². The highest BCUT2D eigenvalue weighted by Crippen LogP contribution is 2.25. The number of aromatic nitrogens is 3. The van der Waals surface area contributed by atoms with Crippen LogP contribution in [0, 0.1) is 0 Å². The molecule has 4 atom stereocenters. The van der Waals surface area contributed by atoms with E-state index in [0.717, 1.165) is 4.73 Å². The molecule has 10 heteroatoms. The number of nitrogen functional groups attached to an aromatic ring is 1. The van der Waals surface area contributed by atoms with Gasteiger partial charge in [-0.1, -0.05) is 11.6 Å². The summed E-state index contributed by atoms with van der Waals surface area (Å²) in [5.41, 5.74) is 6.57. The van der Waals surface area contributed by atoms with Crippen LogP contribution in [-0.2, 0) is 4.74 Å². The number of nitrogens with two attached hydrogens (primary N) is 1. The van der Waals surface area contributed by atoms with Crippen molar-refractivity contribution in [3.8, 4) is 0 Å². The SMILES string of the molecule is Nc1cc(Cl)nc2c1ncn2OC1OC(CO)C(O)C1F. The molecule has 3 rings (SSSR count). The summed E-state index contributed by atoms with van der Waals surface area (Å²) in [6, 6.07) is 1.43. The van der Waals surface area contributed by atoms with E-state index in [1.54, 1.807) is 0 Å². The number of aliphatic hydroxyl groups excluding tert-OH is 2. The first-order chi connectivity index (χ1) is 10.0. The van der Waals surface area contributed by atoms with Gasteiger partial charge in [0.25, 0.3) is 6.29 Å². The minimum Gasteiger partial charge on any atom is -0.397 e. The molecule has 21 heavy (non-hydrogen) atoms. The van der Waals surface area contributed by atoms with Crippen molar-refractivity contribution in [2.75, 3.05) is 12.3 Å². The van der Waals surface area contributed by atoms with Crippen LogP contribution in [0.4, 0.5) is 10.1 Å². The molecule has 0 spiro atoms. The zero-order chi connectivity index (χ0) is 15.1. The summed E-state index contributed by atoms with van der Waals surface area (Å²) in [5, 5.41) is 18.6.